The van der Waals surface area contributed by atoms with Gasteiger partial charge in [0.05, 0.1) is 11.8 Å². The van der Waals surface area contributed by atoms with Crippen molar-refractivity contribution in [3.8, 4) is 10.4 Å². The molecule has 3 aromatic heterocycles. The van der Waals surface area contributed by atoms with Crippen LogP contribution in [0.4, 0.5) is 0 Å². The van der Waals surface area contributed by atoms with Crippen molar-refractivity contribution in [3.63, 3.8) is 0 Å². The fourth-order valence-electron chi connectivity index (χ4n) is 3.75. The molecule has 4 aromatic rings. The van der Waals surface area contributed by atoms with Crippen LogP contribution in [0, 0.1) is 0 Å². The van der Waals surface area contributed by atoms with E-state index in [1.54, 1.807) is 29.0 Å². The van der Waals surface area contributed by atoms with Gasteiger partial charge in [0.1, 0.15) is 16.2 Å². The molecule has 1 aromatic carbocycles. The number of fused-ring (bicyclic) bond motifs is 1. The Morgan fingerprint density at radius 3 is 2.90 bits per heavy atom. The van der Waals surface area contributed by atoms with Gasteiger partial charge in [0, 0.05) is 21.7 Å². The van der Waals surface area contributed by atoms with Gasteiger partial charge in [0.2, 0.25) is 5.91 Å². The summed E-state index contributed by atoms with van der Waals surface area (Å²) in [6, 6.07) is 16.9. The van der Waals surface area contributed by atoms with E-state index in [1.165, 1.54) is 27.1 Å². The first-order valence-corrected chi connectivity index (χ1v) is 12.2. The van der Waals surface area contributed by atoms with E-state index in [0.29, 0.717) is 5.75 Å². The molecule has 1 aliphatic rings. The smallest absolute Gasteiger partial charge is 0.233 e. The quantitative estimate of drug-likeness (QED) is 0.289. The third-order valence-corrected chi connectivity index (χ3v) is 8.18. The van der Waals surface area contributed by atoms with Gasteiger partial charge in [0.15, 0.2) is 0 Å². The lowest BCUT2D eigenvalue weighted by molar-refractivity contribution is -0.129. The van der Waals surface area contributed by atoms with Crippen LogP contribution in [-0.4, -0.2) is 33.1 Å². The van der Waals surface area contributed by atoms with Crippen LogP contribution in [0.2, 0.25) is 0 Å². The van der Waals surface area contributed by atoms with Crippen molar-refractivity contribution < 1.29 is 4.79 Å². The summed E-state index contributed by atoms with van der Waals surface area (Å²) in [5, 5.41) is 4.00. The highest BCUT2D eigenvalue weighted by molar-refractivity contribution is 8.00. The third kappa shape index (κ3) is 3.82. The normalized spacial score (nSPS) is 16.6. The number of amides is 1. The minimum Gasteiger partial charge on any atom is -0.334 e. The summed E-state index contributed by atoms with van der Waals surface area (Å²) in [6.45, 7) is 0.845. The molecule has 1 atom stereocenters. The number of nitrogens with zero attached hydrogens (tertiary/aromatic N) is 3. The van der Waals surface area contributed by atoms with Gasteiger partial charge >= 0.3 is 0 Å². The molecular formula is C22H19N3OS3. The Hall–Kier alpha value is -2.22. The zero-order valence-corrected chi connectivity index (χ0v) is 18.1. The Morgan fingerprint density at radius 1 is 1.17 bits per heavy atom. The first-order valence-electron chi connectivity index (χ1n) is 9.55. The SMILES string of the molecule is O=C(CSc1ncnc2sc(-c3ccccc3)cc12)N1CCC[C@H]1c1cccs1. The number of hydrogen-bond donors (Lipinski definition) is 0. The van der Waals surface area contributed by atoms with Crippen LogP contribution in [0.1, 0.15) is 23.8 Å². The lowest BCUT2D eigenvalue weighted by Gasteiger charge is -2.23. The number of hydrogen-bond acceptors (Lipinski definition) is 6. The number of benzene rings is 1. The van der Waals surface area contributed by atoms with Crippen LogP contribution in [0.25, 0.3) is 20.7 Å². The largest absolute Gasteiger partial charge is 0.334 e. The molecule has 7 heteroatoms. The van der Waals surface area contributed by atoms with E-state index in [0.717, 1.165) is 34.6 Å². The topological polar surface area (TPSA) is 46.1 Å². The zero-order valence-electron chi connectivity index (χ0n) is 15.7. The van der Waals surface area contributed by atoms with Gasteiger partial charge in [-0.3, -0.25) is 4.79 Å². The molecule has 0 radical (unpaired) electrons. The summed E-state index contributed by atoms with van der Waals surface area (Å²) in [6.07, 6.45) is 3.73. The van der Waals surface area contributed by atoms with Crippen LogP contribution in [-0.2, 0) is 4.79 Å². The lowest BCUT2D eigenvalue weighted by Crippen LogP contribution is -2.31. The van der Waals surface area contributed by atoms with Gasteiger partial charge in [-0.2, -0.15) is 0 Å². The van der Waals surface area contributed by atoms with Crippen LogP contribution in [0.15, 0.2) is 65.3 Å². The van der Waals surface area contributed by atoms with E-state index >= 15 is 0 Å². The predicted molar refractivity (Wildman–Crippen MR) is 122 cm³/mol. The van der Waals surface area contributed by atoms with Gasteiger partial charge in [-0.25, -0.2) is 9.97 Å². The van der Waals surface area contributed by atoms with E-state index in [2.05, 4.69) is 45.7 Å². The molecule has 1 amide bonds. The maximum Gasteiger partial charge on any atom is 0.233 e. The number of thiophene rings is 2. The molecular weight excluding hydrogens is 418 g/mol. The zero-order chi connectivity index (χ0) is 19.6. The van der Waals surface area contributed by atoms with Crippen LogP contribution >= 0.6 is 34.4 Å². The molecule has 0 bridgehead atoms. The summed E-state index contributed by atoms with van der Waals surface area (Å²) >= 11 is 4.92. The van der Waals surface area contributed by atoms with Crippen LogP contribution in [0.5, 0.6) is 0 Å². The molecule has 1 saturated heterocycles. The Balaban J connectivity index is 1.34. The highest BCUT2D eigenvalue weighted by Crippen LogP contribution is 2.38. The van der Waals surface area contributed by atoms with Gasteiger partial charge in [-0.1, -0.05) is 48.2 Å². The Kier molecular flexibility index (Phi) is 5.35. The van der Waals surface area contributed by atoms with Crippen molar-refractivity contribution >= 4 is 50.6 Å². The van der Waals surface area contributed by atoms with E-state index in [1.807, 2.05) is 23.1 Å². The average molecular weight is 438 g/mol. The third-order valence-electron chi connectivity index (χ3n) is 5.13. The Bertz CT molecular complexity index is 1120. The van der Waals surface area contributed by atoms with E-state index < -0.39 is 0 Å². The van der Waals surface area contributed by atoms with Crippen molar-refractivity contribution in [1.29, 1.82) is 0 Å². The number of likely N-dealkylation sites (tertiary alicyclic amines) is 1. The summed E-state index contributed by atoms with van der Waals surface area (Å²) in [5.41, 5.74) is 1.18. The van der Waals surface area contributed by atoms with Crippen molar-refractivity contribution in [2.24, 2.45) is 0 Å². The number of rotatable bonds is 5. The fourth-order valence-corrected chi connectivity index (χ4v) is 6.55. The molecule has 1 aliphatic heterocycles. The Labute approximate surface area is 181 Å². The maximum atomic E-state index is 13.0. The van der Waals surface area contributed by atoms with E-state index in [9.17, 15) is 4.79 Å². The second kappa shape index (κ2) is 8.26. The van der Waals surface area contributed by atoms with E-state index in [4.69, 9.17) is 0 Å². The molecule has 0 N–H and O–H groups in total. The molecule has 4 nitrogen and oxygen atoms in total. The minimum absolute atomic E-state index is 0.191. The average Bonchev–Trinajstić information content (AvgIpc) is 3.52. The highest BCUT2D eigenvalue weighted by atomic mass is 32.2. The second-order valence-electron chi connectivity index (χ2n) is 6.92. The summed E-state index contributed by atoms with van der Waals surface area (Å²) in [4.78, 5) is 27.3. The molecule has 29 heavy (non-hydrogen) atoms. The predicted octanol–water partition coefficient (Wildman–Crippen LogP) is 5.88. The first-order chi connectivity index (χ1) is 14.3. The minimum atomic E-state index is 0.191. The van der Waals surface area contributed by atoms with Crippen molar-refractivity contribution in [2.45, 2.75) is 23.9 Å². The Morgan fingerprint density at radius 2 is 2.07 bits per heavy atom. The summed E-state index contributed by atoms with van der Waals surface area (Å²) < 4.78 is 0. The highest BCUT2D eigenvalue weighted by Gasteiger charge is 2.30. The van der Waals surface area contributed by atoms with Gasteiger partial charge in [-0.15, -0.1) is 22.7 Å². The summed E-state index contributed by atoms with van der Waals surface area (Å²) in [7, 11) is 0. The molecule has 0 spiro atoms. The number of carbonyl (C=O) groups excluding carboxylic acids is 1. The van der Waals surface area contributed by atoms with E-state index in [-0.39, 0.29) is 11.9 Å². The molecule has 4 heterocycles. The van der Waals surface area contributed by atoms with Gasteiger partial charge in [-0.05, 0) is 35.9 Å². The second-order valence-corrected chi connectivity index (χ2v) is 9.90. The standard InChI is InChI=1S/C22H19N3OS3/c26-20(25-10-4-8-17(25)18-9-5-11-27-18)13-28-21-16-12-19(15-6-2-1-3-7-15)29-22(16)24-14-23-21/h1-3,5-7,9,11-12,14,17H,4,8,10,13H2/t17-/m0/s1. The molecule has 5 rings (SSSR count). The molecule has 146 valence electrons. The monoisotopic (exact) mass is 437 g/mol. The first kappa shape index (κ1) is 18.8. The molecule has 1 fully saturated rings. The molecule has 0 saturated carbocycles. The lowest BCUT2D eigenvalue weighted by atomic mass is 10.2. The summed E-state index contributed by atoms with van der Waals surface area (Å²) in [5.74, 6) is 0.598. The number of carbonyl (C=O) groups is 1. The maximum absolute atomic E-state index is 13.0. The van der Waals surface area contributed by atoms with Crippen molar-refractivity contribution in [1.82, 2.24) is 14.9 Å². The van der Waals surface area contributed by atoms with Gasteiger partial charge in [0.25, 0.3) is 0 Å². The van der Waals surface area contributed by atoms with Crippen LogP contribution < -0.4 is 0 Å². The number of thioether (sulfide) groups is 1. The number of aromatic nitrogens is 2. The van der Waals surface area contributed by atoms with Crippen molar-refractivity contribution in [3.05, 3.63) is 65.1 Å². The van der Waals surface area contributed by atoms with Gasteiger partial charge < -0.3 is 4.90 Å². The molecule has 0 aliphatic carbocycles. The fraction of sp³-hybridized carbons (Fsp3) is 0.227. The van der Waals surface area contributed by atoms with Crippen LogP contribution in [0.3, 0.4) is 0 Å². The molecule has 0 unspecified atom stereocenters. The van der Waals surface area contributed by atoms with Crippen molar-refractivity contribution in [2.75, 3.05) is 12.3 Å².